The number of halogens is 5. The molecule has 11 heteroatoms. The van der Waals surface area contributed by atoms with E-state index < -0.39 is 23.5 Å². The third-order valence-electron chi connectivity index (χ3n) is 6.49. The molecule has 2 amide bonds. The predicted molar refractivity (Wildman–Crippen MR) is 119 cm³/mol. The van der Waals surface area contributed by atoms with E-state index in [2.05, 4.69) is 10.2 Å². The Morgan fingerprint density at radius 1 is 1.09 bits per heavy atom. The second kappa shape index (κ2) is 10.7. The quantitative estimate of drug-likeness (QED) is 0.621. The molecule has 2 aliphatic rings. The highest BCUT2D eigenvalue weighted by molar-refractivity contribution is 5.94. The largest absolute Gasteiger partial charge is 0.419 e. The summed E-state index contributed by atoms with van der Waals surface area (Å²) in [5, 5.41) is 7.07. The van der Waals surface area contributed by atoms with Crippen molar-refractivity contribution in [1.29, 1.82) is 0 Å². The maximum absolute atomic E-state index is 14.0. The molecule has 3 heterocycles. The molecule has 192 valence electrons. The van der Waals surface area contributed by atoms with Crippen molar-refractivity contribution in [1.82, 2.24) is 20.0 Å². The van der Waals surface area contributed by atoms with Gasteiger partial charge in [0, 0.05) is 31.1 Å². The van der Waals surface area contributed by atoms with Crippen LogP contribution < -0.4 is 0 Å². The molecule has 1 saturated heterocycles. The van der Waals surface area contributed by atoms with Gasteiger partial charge in [-0.3, -0.25) is 19.1 Å². The molecular formula is C24H29F5N4O2. The first kappa shape index (κ1) is 26.6. The van der Waals surface area contributed by atoms with Crippen molar-refractivity contribution in [2.24, 2.45) is 5.92 Å². The van der Waals surface area contributed by atoms with E-state index >= 15 is 0 Å². The van der Waals surface area contributed by atoms with Crippen molar-refractivity contribution >= 4 is 11.8 Å². The number of amides is 2. The van der Waals surface area contributed by atoms with Crippen LogP contribution in [0.1, 0.15) is 65.5 Å². The summed E-state index contributed by atoms with van der Waals surface area (Å²) in [5.74, 6) is -2.10. The maximum atomic E-state index is 14.0. The number of alkyl halides is 4. The Hall–Kier alpha value is -2.98. The van der Waals surface area contributed by atoms with E-state index in [9.17, 15) is 31.5 Å². The molecule has 2 aliphatic heterocycles. The minimum absolute atomic E-state index is 0.0424. The van der Waals surface area contributed by atoms with Gasteiger partial charge in [0.1, 0.15) is 5.82 Å². The number of hydrogen-bond donors (Lipinski definition) is 1. The zero-order valence-corrected chi connectivity index (χ0v) is 19.9. The standard InChI is InChI=1S/C23H26F4N4O2.CH3F/c1-13(2)21(32)31-11-8-16-18(12-31)28-29-20(16)22(33)30-9-6-14(7-10-30)15-4-3-5-17(24)19(15)23(25,26)27;1-2/h3-5,13-14H,6-12H2,1-2H3,(H,28,29);1H3. The SMILES string of the molecule is CC(C)C(=O)N1CCc2c(C(=O)N3CCC(c4cccc(F)c4C(F)(F)F)CC3)n[nH]c2C1.CF. The minimum Gasteiger partial charge on any atom is -0.337 e. The van der Waals surface area contributed by atoms with Crippen molar-refractivity contribution in [3.63, 3.8) is 0 Å². The highest BCUT2D eigenvalue weighted by Crippen LogP contribution is 2.40. The number of nitrogens with one attached hydrogen (secondary N) is 1. The van der Waals surface area contributed by atoms with Gasteiger partial charge in [0.15, 0.2) is 5.69 Å². The number of piperidine rings is 1. The number of rotatable bonds is 3. The molecule has 0 bridgehead atoms. The topological polar surface area (TPSA) is 69.3 Å². The Bertz CT molecular complexity index is 1060. The van der Waals surface area contributed by atoms with Crippen LogP contribution >= 0.6 is 0 Å². The number of aromatic amines is 1. The lowest BCUT2D eigenvalue weighted by atomic mass is 9.86. The number of fused-ring (bicyclic) bond motifs is 1. The van der Waals surface area contributed by atoms with Gasteiger partial charge < -0.3 is 9.80 Å². The summed E-state index contributed by atoms with van der Waals surface area (Å²) in [5.41, 5.74) is 0.572. The van der Waals surface area contributed by atoms with Gasteiger partial charge in [0.25, 0.3) is 5.91 Å². The van der Waals surface area contributed by atoms with E-state index in [1.807, 2.05) is 13.8 Å². The predicted octanol–water partition coefficient (Wildman–Crippen LogP) is 4.71. The Morgan fingerprint density at radius 2 is 1.74 bits per heavy atom. The molecule has 6 nitrogen and oxygen atoms in total. The maximum Gasteiger partial charge on any atom is 0.419 e. The van der Waals surface area contributed by atoms with E-state index in [1.165, 1.54) is 12.1 Å². The van der Waals surface area contributed by atoms with Gasteiger partial charge in [0.2, 0.25) is 5.91 Å². The molecule has 0 radical (unpaired) electrons. The molecule has 1 aromatic heterocycles. The number of aromatic nitrogens is 2. The first-order chi connectivity index (χ1) is 16.6. The summed E-state index contributed by atoms with van der Waals surface area (Å²) in [6.07, 6.45) is -3.64. The normalized spacial score (nSPS) is 16.6. The van der Waals surface area contributed by atoms with Gasteiger partial charge >= 0.3 is 6.18 Å². The first-order valence-corrected chi connectivity index (χ1v) is 11.5. The summed E-state index contributed by atoms with van der Waals surface area (Å²) in [4.78, 5) is 28.7. The zero-order chi connectivity index (χ0) is 25.9. The van der Waals surface area contributed by atoms with E-state index in [4.69, 9.17) is 0 Å². The van der Waals surface area contributed by atoms with Crippen LogP contribution in [0.3, 0.4) is 0 Å². The first-order valence-electron chi connectivity index (χ1n) is 11.5. The summed E-state index contributed by atoms with van der Waals surface area (Å²) in [7, 11) is 0.500. The Labute approximate surface area is 200 Å². The van der Waals surface area contributed by atoms with Gasteiger partial charge in [-0.15, -0.1) is 0 Å². The number of benzene rings is 1. The van der Waals surface area contributed by atoms with Gasteiger partial charge in [-0.25, -0.2) is 4.39 Å². The van der Waals surface area contributed by atoms with Crippen LogP contribution in [-0.4, -0.2) is 58.6 Å². The summed E-state index contributed by atoms with van der Waals surface area (Å²) in [6, 6.07) is 3.44. The molecule has 0 saturated carbocycles. The fraction of sp³-hybridized carbons (Fsp3) is 0.542. The smallest absolute Gasteiger partial charge is 0.337 e. The van der Waals surface area contributed by atoms with Crippen molar-refractivity contribution in [3.05, 3.63) is 52.1 Å². The molecule has 0 spiro atoms. The van der Waals surface area contributed by atoms with Gasteiger partial charge in [0.05, 0.1) is 25.0 Å². The number of nitrogens with zero attached hydrogens (tertiary/aromatic N) is 3. The average Bonchev–Trinajstić information content (AvgIpc) is 3.26. The van der Waals surface area contributed by atoms with Crippen molar-refractivity contribution in [3.8, 4) is 0 Å². The van der Waals surface area contributed by atoms with Crippen molar-refractivity contribution in [2.75, 3.05) is 26.8 Å². The molecule has 1 N–H and O–H groups in total. The van der Waals surface area contributed by atoms with E-state index in [-0.39, 0.29) is 36.4 Å². The molecule has 35 heavy (non-hydrogen) atoms. The molecule has 4 rings (SSSR count). The second-order valence-electron chi connectivity index (χ2n) is 8.96. The van der Waals surface area contributed by atoms with E-state index in [0.29, 0.717) is 45.2 Å². The van der Waals surface area contributed by atoms with E-state index in [0.717, 1.165) is 17.3 Å². The molecular weight excluding hydrogens is 471 g/mol. The van der Waals surface area contributed by atoms with E-state index in [1.54, 1.807) is 9.80 Å². The molecule has 0 unspecified atom stereocenters. The molecule has 2 aromatic rings. The second-order valence-corrected chi connectivity index (χ2v) is 8.96. The van der Waals surface area contributed by atoms with Crippen LogP contribution in [0.15, 0.2) is 18.2 Å². The van der Waals surface area contributed by atoms with Gasteiger partial charge in [-0.1, -0.05) is 26.0 Å². The Kier molecular flexibility index (Phi) is 8.17. The number of hydrogen-bond acceptors (Lipinski definition) is 3. The summed E-state index contributed by atoms with van der Waals surface area (Å²) >= 11 is 0. The minimum atomic E-state index is -4.77. The lowest BCUT2D eigenvalue weighted by Crippen LogP contribution is -2.40. The fourth-order valence-corrected chi connectivity index (χ4v) is 4.77. The van der Waals surface area contributed by atoms with Crippen LogP contribution in [0.4, 0.5) is 22.0 Å². The van der Waals surface area contributed by atoms with Crippen molar-refractivity contribution < 1.29 is 31.5 Å². The van der Waals surface area contributed by atoms with Gasteiger partial charge in [-0.05, 0) is 36.8 Å². The highest BCUT2D eigenvalue weighted by Gasteiger charge is 2.39. The Balaban J connectivity index is 0.00000167. The van der Waals surface area contributed by atoms with Crippen LogP contribution in [-0.2, 0) is 23.9 Å². The number of carbonyl (C=O) groups is 2. The highest BCUT2D eigenvalue weighted by atomic mass is 19.4. The lowest BCUT2D eigenvalue weighted by molar-refractivity contribution is -0.141. The number of carbonyl (C=O) groups excluding carboxylic acids is 2. The fourth-order valence-electron chi connectivity index (χ4n) is 4.77. The molecule has 0 aliphatic carbocycles. The number of likely N-dealkylation sites (tertiary alicyclic amines) is 1. The van der Waals surface area contributed by atoms with Crippen molar-refractivity contribution in [2.45, 2.75) is 51.7 Å². The zero-order valence-electron chi connectivity index (χ0n) is 19.9. The molecule has 0 atom stereocenters. The summed E-state index contributed by atoms with van der Waals surface area (Å²) in [6.45, 7) is 5.07. The van der Waals surface area contributed by atoms with Crippen LogP contribution in [0.2, 0.25) is 0 Å². The third kappa shape index (κ3) is 5.48. The van der Waals surface area contributed by atoms with Gasteiger partial charge in [-0.2, -0.15) is 18.3 Å². The lowest BCUT2D eigenvalue weighted by Gasteiger charge is -2.33. The monoisotopic (exact) mass is 500 g/mol. The van der Waals surface area contributed by atoms with Crippen LogP contribution in [0.5, 0.6) is 0 Å². The number of H-pyrrole nitrogens is 1. The molecule has 1 fully saturated rings. The average molecular weight is 501 g/mol. The third-order valence-corrected chi connectivity index (χ3v) is 6.49. The Morgan fingerprint density at radius 3 is 2.34 bits per heavy atom. The van der Waals surface area contributed by atoms with Crippen LogP contribution in [0.25, 0.3) is 0 Å². The molecule has 1 aromatic carbocycles. The van der Waals surface area contributed by atoms with Crippen LogP contribution in [0, 0.1) is 11.7 Å². The summed E-state index contributed by atoms with van der Waals surface area (Å²) < 4.78 is 63.6.